The second kappa shape index (κ2) is 8.70. The van der Waals surface area contributed by atoms with Crippen LogP contribution in [-0.2, 0) is 10.2 Å². The normalized spacial score (nSPS) is 15.2. The number of carboxylic acid groups (broad SMARTS) is 1. The molecule has 0 saturated heterocycles. The minimum Gasteiger partial charge on any atom is -0.465 e. The van der Waals surface area contributed by atoms with Gasteiger partial charge in [-0.15, -0.1) is 0 Å². The van der Waals surface area contributed by atoms with Gasteiger partial charge in [0.15, 0.2) is 11.6 Å². The predicted octanol–water partition coefficient (Wildman–Crippen LogP) is 4.91. The summed E-state index contributed by atoms with van der Waals surface area (Å²) < 4.78 is 57.3. The first-order valence-electron chi connectivity index (χ1n) is 10.1. The smallest absolute Gasteiger partial charge is 0.407 e. The van der Waals surface area contributed by atoms with Crippen LogP contribution < -0.4 is 8.61 Å². The summed E-state index contributed by atoms with van der Waals surface area (Å²) in [6.45, 7) is -0.0794. The largest absolute Gasteiger partial charge is 0.465 e. The van der Waals surface area contributed by atoms with E-state index in [1.54, 1.807) is 48.5 Å². The molecule has 33 heavy (non-hydrogen) atoms. The Morgan fingerprint density at radius 1 is 0.939 bits per heavy atom. The van der Waals surface area contributed by atoms with Crippen molar-refractivity contribution in [3.8, 4) is 0 Å². The third kappa shape index (κ3) is 3.97. The van der Waals surface area contributed by atoms with E-state index in [-0.39, 0.29) is 18.7 Å². The zero-order valence-corrected chi connectivity index (χ0v) is 18.4. The molecule has 0 radical (unpaired) electrons. The molecule has 1 atom stereocenters. The van der Waals surface area contributed by atoms with E-state index in [9.17, 15) is 27.1 Å². The number of amides is 1. The highest BCUT2D eigenvalue weighted by Crippen LogP contribution is 2.46. The first-order valence-corrected chi connectivity index (χ1v) is 11.5. The van der Waals surface area contributed by atoms with Crippen LogP contribution in [0.15, 0.2) is 72.8 Å². The topological polar surface area (TPSA) is 81.2 Å². The summed E-state index contributed by atoms with van der Waals surface area (Å²) in [7, 11) is -2.89. The van der Waals surface area contributed by atoms with Gasteiger partial charge in [0.1, 0.15) is 0 Å². The van der Waals surface area contributed by atoms with E-state index in [0.717, 1.165) is 19.6 Å². The lowest BCUT2D eigenvalue weighted by atomic mass is 10.0. The second-order valence-electron chi connectivity index (χ2n) is 7.51. The maximum absolute atomic E-state index is 14.6. The van der Waals surface area contributed by atoms with Gasteiger partial charge in [-0.3, -0.25) is 4.31 Å². The number of benzene rings is 3. The van der Waals surface area contributed by atoms with Crippen LogP contribution in [0.3, 0.4) is 0 Å². The molecule has 0 aromatic heterocycles. The molecular formula is C23H21F2N3O4S. The van der Waals surface area contributed by atoms with Crippen molar-refractivity contribution in [2.45, 2.75) is 12.5 Å². The standard InChI is InChI=1S/C23H21F2N3O4S/c1-26(23(29)30)18(16-8-3-2-4-9-16)14-15-27-19-11-5-6-12-20(19)28(33(27,31)32)21-13-7-10-17(24)22(21)25/h2-13,18H,14-15H2,1H3,(H,29,30). The van der Waals surface area contributed by atoms with E-state index >= 15 is 0 Å². The van der Waals surface area contributed by atoms with E-state index in [1.807, 2.05) is 0 Å². The Morgan fingerprint density at radius 3 is 2.21 bits per heavy atom. The van der Waals surface area contributed by atoms with Crippen molar-refractivity contribution in [2.24, 2.45) is 0 Å². The number of carbonyl (C=O) groups is 1. The Hall–Kier alpha value is -3.66. The van der Waals surface area contributed by atoms with Gasteiger partial charge < -0.3 is 10.0 Å². The molecule has 0 fully saturated rings. The summed E-state index contributed by atoms with van der Waals surface area (Å²) in [5, 5.41) is 9.52. The first-order chi connectivity index (χ1) is 15.7. The zero-order chi connectivity index (χ0) is 23.8. The van der Waals surface area contributed by atoms with Gasteiger partial charge in [-0.25, -0.2) is 17.9 Å². The van der Waals surface area contributed by atoms with Crippen molar-refractivity contribution in [3.63, 3.8) is 0 Å². The zero-order valence-electron chi connectivity index (χ0n) is 17.6. The van der Waals surface area contributed by atoms with Crippen molar-refractivity contribution >= 4 is 33.4 Å². The van der Waals surface area contributed by atoms with E-state index < -0.39 is 39.7 Å². The molecule has 4 rings (SSSR count). The second-order valence-corrected chi connectivity index (χ2v) is 9.22. The number of rotatable bonds is 6. The maximum Gasteiger partial charge on any atom is 0.407 e. The Kier molecular flexibility index (Phi) is 5.94. The predicted molar refractivity (Wildman–Crippen MR) is 121 cm³/mol. The third-order valence-corrected chi connectivity index (χ3v) is 7.38. The number of para-hydroxylation sites is 2. The van der Waals surface area contributed by atoms with Crippen LogP contribution in [0.5, 0.6) is 0 Å². The van der Waals surface area contributed by atoms with Gasteiger partial charge >= 0.3 is 16.3 Å². The van der Waals surface area contributed by atoms with Gasteiger partial charge in [0.25, 0.3) is 0 Å². The molecule has 1 N–H and O–H groups in total. The summed E-state index contributed by atoms with van der Waals surface area (Å²) in [6.07, 6.45) is -1.02. The number of hydrogen-bond donors (Lipinski definition) is 1. The Balaban J connectivity index is 1.72. The van der Waals surface area contributed by atoms with Crippen molar-refractivity contribution in [2.75, 3.05) is 22.2 Å². The van der Waals surface area contributed by atoms with Gasteiger partial charge in [0, 0.05) is 13.6 Å². The molecular weight excluding hydrogens is 452 g/mol. The van der Waals surface area contributed by atoms with E-state index in [1.165, 1.54) is 25.2 Å². The molecule has 0 saturated carbocycles. The summed E-state index contributed by atoms with van der Waals surface area (Å²) in [5.74, 6) is -2.43. The summed E-state index contributed by atoms with van der Waals surface area (Å²) in [5.41, 5.74) is 0.767. The lowest BCUT2D eigenvalue weighted by Crippen LogP contribution is -2.38. The Morgan fingerprint density at radius 2 is 1.55 bits per heavy atom. The fourth-order valence-electron chi connectivity index (χ4n) is 3.97. The summed E-state index contributed by atoms with van der Waals surface area (Å²) in [6, 6.07) is 17.9. The van der Waals surface area contributed by atoms with Gasteiger partial charge in [-0.1, -0.05) is 48.5 Å². The fraction of sp³-hybridized carbons (Fsp3) is 0.174. The van der Waals surface area contributed by atoms with Crippen LogP contribution in [0, 0.1) is 11.6 Å². The van der Waals surface area contributed by atoms with Crippen LogP contribution in [0.4, 0.5) is 30.6 Å². The molecule has 1 aliphatic heterocycles. The van der Waals surface area contributed by atoms with Crippen molar-refractivity contribution in [1.82, 2.24) is 4.90 Å². The van der Waals surface area contributed by atoms with E-state index in [4.69, 9.17) is 0 Å². The lowest BCUT2D eigenvalue weighted by Gasteiger charge is -2.29. The lowest BCUT2D eigenvalue weighted by molar-refractivity contribution is 0.136. The molecule has 7 nitrogen and oxygen atoms in total. The molecule has 0 aliphatic carbocycles. The highest BCUT2D eigenvalue weighted by molar-refractivity contribution is 7.95. The first kappa shape index (κ1) is 22.5. The summed E-state index contributed by atoms with van der Waals surface area (Å²) in [4.78, 5) is 12.8. The monoisotopic (exact) mass is 473 g/mol. The number of anilines is 3. The molecule has 3 aromatic carbocycles. The number of hydrogen-bond acceptors (Lipinski definition) is 3. The highest BCUT2D eigenvalue weighted by Gasteiger charge is 2.42. The summed E-state index contributed by atoms with van der Waals surface area (Å²) >= 11 is 0. The highest BCUT2D eigenvalue weighted by atomic mass is 32.2. The molecule has 0 spiro atoms. The minimum absolute atomic E-state index is 0.0794. The van der Waals surface area contributed by atoms with E-state index in [2.05, 4.69) is 0 Å². The quantitative estimate of drug-likeness (QED) is 0.552. The number of fused-ring (bicyclic) bond motifs is 1. The van der Waals surface area contributed by atoms with E-state index in [0.29, 0.717) is 11.3 Å². The van der Waals surface area contributed by atoms with Gasteiger partial charge in [-0.05, 0) is 36.2 Å². The Labute approximate surface area is 190 Å². The van der Waals surface area contributed by atoms with Crippen LogP contribution in [0.2, 0.25) is 0 Å². The van der Waals surface area contributed by atoms with Gasteiger partial charge in [-0.2, -0.15) is 8.42 Å². The molecule has 1 amide bonds. The molecule has 0 bridgehead atoms. The molecule has 1 unspecified atom stereocenters. The SMILES string of the molecule is CN(C(=O)O)C(CCN1c2ccccc2N(c2cccc(F)c2F)S1(=O)=O)c1ccccc1. The van der Waals surface area contributed by atoms with Crippen molar-refractivity contribution < 1.29 is 27.1 Å². The average Bonchev–Trinajstić information content (AvgIpc) is 3.02. The van der Waals surface area contributed by atoms with Gasteiger partial charge in [0.2, 0.25) is 0 Å². The van der Waals surface area contributed by atoms with Gasteiger partial charge in [0.05, 0.1) is 23.1 Å². The molecule has 1 aliphatic rings. The molecule has 172 valence electrons. The number of nitrogens with zero attached hydrogens (tertiary/aromatic N) is 3. The maximum atomic E-state index is 14.6. The van der Waals surface area contributed by atoms with Crippen molar-refractivity contribution in [1.29, 1.82) is 0 Å². The van der Waals surface area contributed by atoms with Crippen molar-refractivity contribution in [3.05, 3.63) is 90.0 Å². The minimum atomic E-state index is -4.31. The Bertz CT molecular complexity index is 1290. The molecule has 1 heterocycles. The van der Waals surface area contributed by atoms with Crippen LogP contribution in [-0.4, -0.2) is 38.1 Å². The number of halogens is 2. The average molecular weight is 474 g/mol. The fourth-order valence-corrected chi connectivity index (χ4v) is 5.69. The molecule has 3 aromatic rings. The molecule has 10 heteroatoms. The third-order valence-electron chi connectivity index (χ3n) is 5.59. The van der Waals surface area contributed by atoms with Crippen LogP contribution in [0.25, 0.3) is 0 Å². The van der Waals surface area contributed by atoms with Crippen LogP contribution in [0.1, 0.15) is 18.0 Å². The van der Waals surface area contributed by atoms with Crippen LogP contribution >= 0.6 is 0 Å².